The third kappa shape index (κ3) is 17.9. The lowest BCUT2D eigenvalue weighted by Crippen LogP contribution is -2.63. The van der Waals surface area contributed by atoms with E-state index in [1.54, 1.807) is 71.9 Å². The average Bonchev–Trinajstić information content (AvgIpc) is 3.78. The molecule has 1 aromatic rings. The number of aliphatic hydroxyl groups is 1. The molecule has 22 nitrogen and oxygen atoms in total. The van der Waals surface area contributed by atoms with Crippen molar-refractivity contribution >= 4 is 59.3 Å². The van der Waals surface area contributed by atoms with Gasteiger partial charge in [-0.2, -0.15) is 0 Å². The van der Waals surface area contributed by atoms with Gasteiger partial charge in [0.05, 0.1) is 12.1 Å². The lowest BCUT2D eigenvalue weighted by Gasteiger charge is -2.33. The van der Waals surface area contributed by atoms with Crippen LogP contribution in [0.3, 0.4) is 0 Å². The first-order valence-electron chi connectivity index (χ1n) is 22.7. The van der Waals surface area contributed by atoms with Crippen molar-refractivity contribution in [3.63, 3.8) is 0 Å². The maximum atomic E-state index is 14.2. The Balaban J connectivity index is 2.39. The highest BCUT2D eigenvalue weighted by atomic mass is 16.4. The zero-order valence-electron chi connectivity index (χ0n) is 39.3. The Kier molecular flexibility index (Phi) is 23.4. The van der Waals surface area contributed by atoms with Crippen LogP contribution in [-0.2, 0) is 54.4 Å². The van der Waals surface area contributed by atoms with Gasteiger partial charge in [0.1, 0.15) is 42.3 Å². The second-order valence-electron chi connectivity index (χ2n) is 17.5. The van der Waals surface area contributed by atoms with Crippen LogP contribution < -0.4 is 37.6 Å². The van der Waals surface area contributed by atoms with Crippen LogP contribution in [0.25, 0.3) is 0 Å². The molecule has 1 aromatic carbocycles. The lowest BCUT2D eigenvalue weighted by molar-refractivity contribution is -0.146. The number of carbonyl (C=O) groups is 10. The number of carboxylic acids is 3. The molecule has 2 rings (SSSR count). The summed E-state index contributed by atoms with van der Waals surface area (Å²) in [5.74, 6) is -11.2. The molecule has 0 aliphatic carbocycles. The molecule has 0 unspecified atom stereocenters. The molecular formula is C45H70N8O14. The van der Waals surface area contributed by atoms with E-state index in [4.69, 9.17) is 10.8 Å². The van der Waals surface area contributed by atoms with E-state index >= 15 is 0 Å². The van der Waals surface area contributed by atoms with Gasteiger partial charge in [-0.15, -0.1) is 0 Å². The molecule has 0 radical (unpaired) electrons. The summed E-state index contributed by atoms with van der Waals surface area (Å²) in [6.07, 6.45) is -2.11. The number of rotatable bonds is 28. The van der Waals surface area contributed by atoms with Gasteiger partial charge < -0.3 is 63.0 Å². The smallest absolute Gasteiger partial charge is 0.326 e. The van der Waals surface area contributed by atoms with Gasteiger partial charge in [0.15, 0.2) is 0 Å². The third-order valence-electron chi connectivity index (χ3n) is 11.9. The van der Waals surface area contributed by atoms with Gasteiger partial charge in [-0.3, -0.25) is 43.2 Å². The summed E-state index contributed by atoms with van der Waals surface area (Å²) in [6.45, 7) is 11.4. The van der Waals surface area contributed by atoms with Crippen molar-refractivity contribution in [3.05, 3.63) is 35.9 Å². The van der Waals surface area contributed by atoms with Gasteiger partial charge in [0.2, 0.25) is 41.4 Å². The first-order valence-corrected chi connectivity index (χ1v) is 22.7. The van der Waals surface area contributed by atoms with E-state index in [2.05, 4.69) is 31.9 Å². The summed E-state index contributed by atoms with van der Waals surface area (Å²) in [5, 5.41) is 54.2. The molecule has 374 valence electrons. The Morgan fingerprint density at radius 3 is 1.64 bits per heavy atom. The van der Waals surface area contributed by atoms with E-state index in [1.165, 1.54) is 11.8 Å². The molecule has 0 aromatic heterocycles. The largest absolute Gasteiger partial charge is 0.481 e. The fourth-order valence-corrected chi connectivity index (χ4v) is 7.33. The summed E-state index contributed by atoms with van der Waals surface area (Å²) < 4.78 is 0. The summed E-state index contributed by atoms with van der Waals surface area (Å²) in [7, 11) is 0. The number of amides is 7. The highest BCUT2D eigenvalue weighted by molar-refractivity contribution is 5.98. The van der Waals surface area contributed by atoms with Crippen LogP contribution in [0.2, 0.25) is 0 Å². The fourth-order valence-electron chi connectivity index (χ4n) is 7.33. The Bertz CT molecular complexity index is 1900. The first kappa shape index (κ1) is 57.0. The quantitative estimate of drug-likeness (QED) is 0.0500. The number of nitrogens with two attached hydrogens (primary N) is 1. The molecule has 67 heavy (non-hydrogen) atoms. The van der Waals surface area contributed by atoms with Crippen LogP contribution >= 0.6 is 0 Å². The van der Waals surface area contributed by atoms with Crippen LogP contribution in [-0.4, -0.2) is 146 Å². The Morgan fingerprint density at radius 1 is 0.642 bits per heavy atom. The number of nitrogens with one attached hydrogen (secondary N) is 6. The second-order valence-corrected chi connectivity index (χ2v) is 17.5. The van der Waals surface area contributed by atoms with E-state index in [-0.39, 0.29) is 25.8 Å². The van der Waals surface area contributed by atoms with Crippen molar-refractivity contribution in [3.8, 4) is 0 Å². The van der Waals surface area contributed by atoms with E-state index in [0.29, 0.717) is 24.8 Å². The van der Waals surface area contributed by atoms with E-state index in [9.17, 15) is 63.3 Å². The van der Waals surface area contributed by atoms with Crippen LogP contribution in [0.15, 0.2) is 30.3 Å². The molecule has 1 heterocycles. The predicted octanol–water partition coefficient (Wildman–Crippen LogP) is -0.601. The highest BCUT2D eigenvalue weighted by Gasteiger charge is 2.42. The third-order valence-corrected chi connectivity index (χ3v) is 11.9. The van der Waals surface area contributed by atoms with Crippen molar-refractivity contribution in [1.82, 2.24) is 36.8 Å². The fraction of sp³-hybridized carbons (Fsp3) is 0.644. The van der Waals surface area contributed by atoms with Crippen LogP contribution in [0, 0.1) is 17.8 Å². The van der Waals surface area contributed by atoms with E-state index < -0.39 is 151 Å². The number of hydrogen-bond donors (Lipinski definition) is 11. The minimum atomic E-state index is -1.62. The number of aliphatic hydroxyl groups excluding tert-OH is 1. The molecule has 22 heteroatoms. The topological polar surface area (TPSA) is 353 Å². The maximum absolute atomic E-state index is 14.2. The summed E-state index contributed by atoms with van der Waals surface area (Å²) in [4.78, 5) is 132. The van der Waals surface area contributed by atoms with E-state index in [0.717, 1.165) is 0 Å². The maximum Gasteiger partial charge on any atom is 0.326 e. The molecular weight excluding hydrogens is 877 g/mol. The summed E-state index contributed by atoms with van der Waals surface area (Å²) in [5.41, 5.74) is 6.40. The number of likely N-dealkylation sites (tertiary alicyclic amines) is 1. The SMILES string of the molecule is CC[C@H](C)[C@H](NC(=O)[C@H](Cc1ccccc1)NC(=O)[C@H](CCC(=O)O)NC(=O)[C@@H](N)CCC(=O)O)C(=O)N[C@H](C(=O)N1CCC[C@H]1C(=O)N[C@H](C(=O)N[C@H](C(=O)O)C(C)C)[C@@H](C)CC)[C@@H](C)O. The van der Waals surface area contributed by atoms with Crippen LogP contribution in [0.1, 0.15) is 105 Å². The second kappa shape index (κ2) is 27.5. The van der Waals surface area contributed by atoms with Gasteiger partial charge in [-0.25, -0.2) is 4.79 Å². The van der Waals surface area contributed by atoms with Gasteiger partial charge in [0, 0.05) is 25.8 Å². The number of benzene rings is 1. The zero-order chi connectivity index (χ0) is 50.7. The molecule has 11 atom stereocenters. The molecule has 1 fully saturated rings. The number of carbonyl (C=O) groups excluding carboxylic acids is 7. The van der Waals surface area contributed by atoms with Crippen molar-refractivity contribution < 1.29 is 68.4 Å². The lowest BCUT2D eigenvalue weighted by atomic mass is 9.96. The monoisotopic (exact) mass is 947 g/mol. The van der Waals surface area contributed by atoms with Gasteiger partial charge in [-0.05, 0) is 55.9 Å². The normalized spacial score (nSPS) is 18.0. The minimum Gasteiger partial charge on any atom is -0.481 e. The number of nitrogens with zero attached hydrogens (tertiary/aromatic N) is 1. The van der Waals surface area contributed by atoms with Crippen molar-refractivity contribution in [2.24, 2.45) is 23.5 Å². The van der Waals surface area contributed by atoms with Gasteiger partial charge in [-0.1, -0.05) is 84.7 Å². The van der Waals surface area contributed by atoms with Crippen LogP contribution in [0.4, 0.5) is 0 Å². The average molecular weight is 947 g/mol. The van der Waals surface area contributed by atoms with Crippen molar-refractivity contribution in [1.29, 1.82) is 0 Å². The number of hydrogen-bond acceptors (Lipinski definition) is 12. The molecule has 0 spiro atoms. The predicted molar refractivity (Wildman–Crippen MR) is 241 cm³/mol. The Labute approximate surface area is 390 Å². The molecule has 12 N–H and O–H groups in total. The minimum absolute atomic E-state index is 0.0548. The zero-order valence-corrected chi connectivity index (χ0v) is 39.3. The summed E-state index contributed by atoms with van der Waals surface area (Å²) in [6, 6.07) is -2.38. The number of carboxylic acid groups (broad SMARTS) is 3. The molecule has 0 bridgehead atoms. The van der Waals surface area contributed by atoms with Crippen molar-refractivity contribution in [2.45, 2.75) is 161 Å². The molecule has 1 aliphatic rings. The molecule has 1 saturated heterocycles. The Hall–Kier alpha value is -6.16. The van der Waals surface area contributed by atoms with Gasteiger partial charge >= 0.3 is 17.9 Å². The van der Waals surface area contributed by atoms with Crippen molar-refractivity contribution in [2.75, 3.05) is 6.54 Å². The van der Waals surface area contributed by atoms with Gasteiger partial charge in [0.25, 0.3) is 0 Å². The first-order chi connectivity index (χ1) is 31.4. The standard InChI is InChI=1S/C45H70N8O14/c1-8-24(5)35(50-40(61)30(22-27-14-11-10-12-15-27)48-39(60)29(18-20-33(57)58)47-38(59)28(46)17-19-32(55)56)43(64)52-37(26(7)54)44(65)53-21-13-16-31(53)41(62)51-36(25(6)9-2)42(63)49-34(23(3)4)45(66)67/h10-12,14-15,23-26,28-31,34-37,54H,8-9,13,16-22,46H2,1-7H3,(H,47,59)(H,48,60)(H,49,63)(H,50,61)(H,51,62)(H,52,64)(H,55,56)(H,57,58)(H,66,67)/t24-,25-,26+,28-,29-,30-,31-,34-,35-,36-,37-/m0/s1. The summed E-state index contributed by atoms with van der Waals surface area (Å²) >= 11 is 0. The molecule has 1 aliphatic heterocycles. The van der Waals surface area contributed by atoms with Crippen LogP contribution in [0.5, 0.6) is 0 Å². The Morgan fingerprint density at radius 2 is 1.13 bits per heavy atom. The number of aliphatic carboxylic acids is 3. The highest BCUT2D eigenvalue weighted by Crippen LogP contribution is 2.21. The molecule has 0 saturated carbocycles. The molecule has 7 amide bonds. The van der Waals surface area contributed by atoms with E-state index in [1.807, 2.05) is 0 Å².